The summed E-state index contributed by atoms with van der Waals surface area (Å²) in [6, 6.07) is 7.74. The number of piperazine rings is 1. The Labute approximate surface area is 109 Å². The van der Waals surface area contributed by atoms with Gasteiger partial charge in [0, 0.05) is 5.56 Å². The number of hydrogen-bond donors (Lipinski definition) is 2. The zero-order valence-corrected chi connectivity index (χ0v) is 11.5. The predicted molar refractivity (Wildman–Crippen MR) is 71.3 cm³/mol. The number of hydrogen-bond acceptors (Lipinski definition) is 0. The molecule has 1 aliphatic heterocycles. The summed E-state index contributed by atoms with van der Waals surface area (Å²) < 4.78 is 12.8. The highest BCUT2D eigenvalue weighted by atomic mass is 19.1. The van der Waals surface area contributed by atoms with Crippen LogP contribution in [0.1, 0.15) is 25.8 Å². The number of halogens is 1. The Bertz CT molecular complexity index is 355. The summed E-state index contributed by atoms with van der Waals surface area (Å²) in [7, 11) is 0. The van der Waals surface area contributed by atoms with Gasteiger partial charge in [-0.3, -0.25) is 0 Å². The van der Waals surface area contributed by atoms with E-state index in [-0.39, 0.29) is 5.82 Å². The molecule has 0 aliphatic carbocycles. The van der Waals surface area contributed by atoms with E-state index in [1.54, 1.807) is 21.9 Å². The van der Waals surface area contributed by atoms with Gasteiger partial charge in [0.1, 0.15) is 38.5 Å². The van der Waals surface area contributed by atoms with Gasteiger partial charge in [-0.15, -0.1) is 0 Å². The van der Waals surface area contributed by atoms with E-state index in [2.05, 4.69) is 13.8 Å². The van der Waals surface area contributed by atoms with E-state index in [1.165, 1.54) is 38.2 Å². The molecule has 18 heavy (non-hydrogen) atoms. The Morgan fingerprint density at radius 2 is 1.72 bits per heavy atom. The number of benzene rings is 1. The molecule has 2 rings (SSSR count). The van der Waals surface area contributed by atoms with Gasteiger partial charge in [0.15, 0.2) is 0 Å². The number of quaternary nitrogens is 2. The molecular weight excluding hydrogens is 227 g/mol. The highest BCUT2D eigenvalue weighted by Gasteiger charge is 2.25. The summed E-state index contributed by atoms with van der Waals surface area (Å²) in [4.78, 5) is 3.38. The number of nitrogens with one attached hydrogen (secondary N) is 2. The Hall–Kier alpha value is -0.930. The molecule has 0 aromatic heterocycles. The topological polar surface area (TPSA) is 8.88 Å². The van der Waals surface area contributed by atoms with E-state index in [4.69, 9.17) is 0 Å². The Balaban J connectivity index is 1.81. The molecule has 0 bridgehead atoms. The fourth-order valence-corrected chi connectivity index (χ4v) is 2.77. The van der Waals surface area contributed by atoms with Crippen LogP contribution in [-0.4, -0.2) is 32.2 Å². The lowest BCUT2D eigenvalue weighted by Gasteiger charge is -2.33. The van der Waals surface area contributed by atoms with E-state index >= 15 is 0 Å². The second-order valence-electron chi connectivity index (χ2n) is 5.52. The van der Waals surface area contributed by atoms with Crippen molar-refractivity contribution in [2.75, 3.05) is 26.2 Å². The smallest absolute Gasteiger partial charge is 0.127 e. The molecule has 0 unspecified atom stereocenters. The van der Waals surface area contributed by atoms with E-state index in [9.17, 15) is 4.39 Å². The fourth-order valence-electron chi connectivity index (χ4n) is 2.77. The van der Waals surface area contributed by atoms with Gasteiger partial charge in [-0.25, -0.2) is 4.39 Å². The average Bonchev–Trinajstić information content (AvgIpc) is 2.41. The maximum absolute atomic E-state index is 12.8. The third kappa shape index (κ3) is 3.53. The quantitative estimate of drug-likeness (QED) is 0.741. The van der Waals surface area contributed by atoms with Crippen molar-refractivity contribution in [1.82, 2.24) is 0 Å². The zero-order valence-electron chi connectivity index (χ0n) is 11.5. The highest BCUT2D eigenvalue weighted by Crippen LogP contribution is 2.00. The SMILES string of the molecule is CC[C@@H](C)[NH+]1CC[NH+](Cc2ccc(F)cc2)CC1. The molecule has 0 radical (unpaired) electrons. The van der Waals surface area contributed by atoms with Crippen LogP contribution in [0, 0.1) is 5.82 Å². The van der Waals surface area contributed by atoms with Gasteiger partial charge in [-0.2, -0.15) is 0 Å². The Morgan fingerprint density at radius 1 is 1.11 bits per heavy atom. The van der Waals surface area contributed by atoms with Crippen molar-refractivity contribution in [3.05, 3.63) is 35.6 Å². The van der Waals surface area contributed by atoms with Gasteiger partial charge in [-0.05, 0) is 25.5 Å². The van der Waals surface area contributed by atoms with Crippen molar-refractivity contribution in [1.29, 1.82) is 0 Å². The van der Waals surface area contributed by atoms with Crippen molar-refractivity contribution in [3.8, 4) is 0 Å². The van der Waals surface area contributed by atoms with Gasteiger partial charge in [0.25, 0.3) is 0 Å². The first-order valence-electron chi connectivity index (χ1n) is 7.11. The molecule has 1 aromatic rings. The molecule has 100 valence electrons. The standard InChI is InChI=1S/C15H23FN2/c1-3-13(2)18-10-8-17(9-11-18)12-14-4-6-15(16)7-5-14/h4-7,13H,3,8-12H2,1-2H3/p+2/t13-/m1/s1. The van der Waals surface area contributed by atoms with E-state index in [0.29, 0.717) is 0 Å². The summed E-state index contributed by atoms with van der Waals surface area (Å²) in [5.41, 5.74) is 1.25. The van der Waals surface area contributed by atoms with Crippen LogP contribution >= 0.6 is 0 Å². The normalized spacial score (nSPS) is 25.9. The van der Waals surface area contributed by atoms with Gasteiger partial charge < -0.3 is 9.80 Å². The summed E-state index contributed by atoms with van der Waals surface area (Å²) in [6.45, 7) is 10.7. The number of rotatable bonds is 4. The fraction of sp³-hybridized carbons (Fsp3) is 0.600. The van der Waals surface area contributed by atoms with Crippen molar-refractivity contribution in [2.45, 2.75) is 32.9 Å². The molecular formula is C15H25FN2+2. The van der Waals surface area contributed by atoms with Crippen molar-refractivity contribution in [3.63, 3.8) is 0 Å². The minimum absolute atomic E-state index is 0.139. The average molecular weight is 252 g/mol. The van der Waals surface area contributed by atoms with Crippen LogP contribution in [0.2, 0.25) is 0 Å². The summed E-state index contributed by atoms with van der Waals surface area (Å²) in [5.74, 6) is -0.139. The van der Waals surface area contributed by atoms with Crippen LogP contribution in [0.3, 0.4) is 0 Å². The van der Waals surface area contributed by atoms with E-state index in [0.717, 1.165) is 12.6 Å². The van der Waals surface area contributed by atoms with Crippen LogP contribution in [0.25, 0.3) is 0 Å². The Kier molecular flexibility index (Phi) is 4.72. The first-order valence-corrected chi connectivity index (χ1v) is 7.11. The molecule has 3 heteroatoms. The van der Waals surface area contributed by atoms with Gasteiger partial charge in [0.2, 0.25) is 0 Å². The van der Waals surface area contributed by atoms with Crippen LogP contribution < -0.4 is 9.80 Å². The molecule has 1 heterocycles. The Morgan fingerprint density at radius 3 is 2.28 bits per heavy atom. The third-order valence-electron chi connectivity index (χ3n) is 4.28. The predicted octanol–water partition coefficient (Wildman–Crippen LogP) is -0.0924. The van der Waals surface area contributed by atoms with E-state index in [1.807, 2.05) is 12.1 Å². The zero-order chi connectivity index (χ0) is 13.0. The molecule has 0 saturated carbocycles. The second-order valence-corrected chi connectivity index (χ2v) is 5.52. The lowest BCUT2D eigenvalue weighted by molar-refractivity contribution is -1.03. The summed E-state index contributed by atoms with van der Waals surface area (Å²) in [6.07, 6.45) is 1.27. The minimum atomic E-state index is -0.139. The molecule has 1 saturated heterocycles. The van der Waals surface area contributed by atoms with Crippen molar-refractivity contribution in [2.24, 2.45) is 0 Å². The second kappa shape index (κ2) is 6.30. The maximum atomic E-state index is 12.8. The first kappa shape index (κ1) is 13.5. The first-order chi connectivity index (χ1) is 8.69. The summed E-state index contributed by atoms with van der Waals surface area (Å²) >= 11 is 0. The molecule has 2 nitrogen and oxygen atoms in total. The van der Waals surface area contributed by atoms with E-state index < -0.39 is 0 Å². The monoisotopic (exact) mass is 252 g/mol. The van der Waals surface area contributed by atoms with Gasteiger partial charge >= 0.3 is 0 Å². The molecule has 0 amide bonds. The largest absolute Gasteiger partial charge is 0.323 e. The van der Waals surface area contributed by atoms with Gasteiger partial charge in [0.05, 0.1) is 6.04 Å². The lowest BCUT2D eigenvalue weighted by Crippen LogP contribution is -3.29. The molecule has 1 aromatic carbocycles. The highest BCUT2D eigenvalue weighted by molar-refractivity contribution is 5.14. The van der Waals surface area contributed by atoms with Crippen LogP contribution in [-0.2, 0) is 6.54 Å². The van der Waals surface area contributed by atoms with Crippen molar-refractivity contribution >= 4 is 0 Å². The minimum Gasteiger partial charge on any atom is -0.323 e. The van der Waals surface area contributed by atoms with Crippen LogP contribution in [0.5, 0.6) is 0 Å². The molecule has 2 N–H and O–H groups in total. The van der Waals surface area contributed by atoms with Crippen molar-refractivity contribution < 1.29 is 14.2 Å². The lowest BCUT2D eigenvalue weighted by atomic mass is 10.1. The maximum Gasteiger partial charge on any atom is 0.127 e. The molecule has 1 aliphatic rings. The molecule has 1 fully saturated rings. The third-order valence-corrected chi connectivity index (χ3v) is 4.28. The van der Waals surface area contributed by atoms with Crippen LogP contribution in [0.4, 0.5) is 4.39 Å². The summed E-state index contributed by atoms with van der Waals surface area (Å²) in [5, 5.41) is 0. The molecule has 1 atom stereocenters. The molecule has 0 spiro atoms. The van der Waals surface area contributed by atoms with Gasteiger partial charge in [-0.1, -0.05) is 19.1 Å². The van der Waals surface area contributed by atoms with Crippen LogP contribution in [0.15, 0.2) is 24.3 Å².